The lowest BCUT2D eigenvalue weighted by Gasteiger charge is -2.09. The molecule has 7 heteroatoms. The second-order valence-electron chi connectivity index (χ2n) is 7.35. The lowest BCUT2D eigenvalue weighted by Crippen LogP contribution is -2.23. The fourth-order valence-corrected chi connectivity index (χ4v) is 3.68. The van der Waals surface area contributed by atoms with Crippen molar-refractivity contribution in [3.05, 3.63) is 66.0 Å². The molecule has 1 aliphatic rings. The number of rotatable bonds is 7. The minimum absolute atomic E-state index is 0. The molecule has 1 aromatic heterocycles. The maximum Gasteiger partial charge on any atom is 0.220 e. The number of fused-ring (bicyclic) bond motifs is 1. The molecule has 2 aromatic carbocycles. The molecular formula is C22H28Cl2N4O. The number of halogens is 2. The fourth-order valence-electron chi connectivity index (χ4n) is 3.68. The first-order valence-corrected chi connectivity index (χ1v) is 9.73. The first-order valence-electron chi connectivity index (χ1n) is 9.73. The number of carbonyl (C=O) groups excluding carboxylic acids is 1. The highest BCUT2D eigenvalue weighted by molar-refractivity contribution is 5.85. The van der Waals surface area contributed by atoms with Crippen molar-refractivity contribution < 1.29 is 4.79 Å². The minimum atomic E-state index is 0. The van der Waals surface area contributed by atoms with Gasteiger partial charge in [-0.05, 0) is 55.1 Å². The van der Waals surface area contributed by atoms with Crippen LogP contribution in [0.25, 0.3) is 11.0 Å². The third-order valence-electron chi connectivity index (χ3n) is 5.33. The number of imidazole rings is 1. The summed E-state index contributed by atoms with van der Waals surface area (Å²) in [5, 5.41) is 6.38. The average molecular weight is 435 g/mol. The van der Waals surface area contributed by atoms with E-state index >= 15 is 0 Å². The quantitative estimate of drug-likeness (QED) is 0.591. The van der Waals surface area contributed by atoms with Crippen LogP contribution in [0.2, 0.25) is 0 Å². The Hall–Kier alpha value is -2.08. The maximum absolute atomic E-state index is 12.0. The molecule has 1 fully saturated rings. The van der Waals surface area contributed by atoms with Crippen LogP contribution in [-0.4, -0.2) is 28.5 Å². The zero-order valence-electron chi connectivity index (χ0n) is 16.3. The molecule has 4 rings (SSSR count). The van der Waals surface area contributed by atoms with Gasteiger partial charge in [0.1, 0.15) is 0 Å². The van der Waals surface area contributed by atoms with Crippen molar-refractivity contribution in [2.24, 2.45) is 5.92 Å². The first-order chi connectivity index (χ1) is 13.3. The van der Waals surface area contributed by atoms with E-state index in [-0.39, 0.29) is 30.7 Å². The molecule has 1 saturated heterocycles. The van der Waals surface area contributed by atoms with Gasteiger partial charge in [-0.3, -0.25) is 4.79 Å². The van der Waals surface area contributed by atoms with Gasteiger partial charge < -0.3 is 15.2 Å². The molecule has 3 aromatic rings. The Balaban J connectivity index is 0.00000150. The Morgan fingerprint density at radius 2 is 1.86 bits per heavy atom. The summed E-state index contributed by atoms with van der Waals surface area (Å²) >= 11 is 0. The summed E-state index contributed by atoms with van der Waals surface area (Å²) in [6, 6.07) is 16.6. The Bertz CT molecular complexity index is 905. The van der Waals surface area contributed by atoms with E-state index in [1.54, 1.807) is 0 Å². The molecule has 0 radical (unpaired) electrons. The summed E-state index contributed by atoms with van der Waals surface area (Å²) in [6.07, 6.45) is 4.69. The van der Waals surface area contributed by atoms with Gasteiger partial charge in [0, 0.05) is 19.5 Å². The Morgan fingerprint density at radius 3 is 2.62 bits per heavy atom. The number of hydrogen-bond donors (Lipinski definition) is 2. The van der Waals surface area contributed by atoms with Crippen LogP contribution in [0, 0.1) is 5.92 Å². The normalized spacial score (nSPS) is 15.5. The van der Waals surface area contributed by atoms with Gasteiger partial charge in [0.25, 0.3) is 0 Å². The summed E-state index contributed by atoms with van der Waals surface area (Å²) in [4.78, 5) is 16.5. The number of carbonyl (C=O) groups is 1. The largest absolute Gasteiger partial charge is 0.352 e. The topological polar surface area (TPSA) is 59.0 Å². The third kappa shape index (κ3) is 6.20. The summed E-state index contributed by atoms with van der Waals surface area (Å²) in [7, 11) is 0. The average Bonchev–Trinajstić information content (AvgIpc) is 3.36. The second kappa shape index (κ2) is 11.2. The molecule has 0 aliphatic carbocycles. The van der Waals surface area contributed by atoms with Crippen LogP contribution in [0.15, 0.2) is 54.9 Å². The maximum atomic E-state index is 12.0. The molecule has 0 bridgehead atoms. The first kappa shape index (κ1) is 23.2. The summed E-state index contributed by atoms with van der Waals surface area (Å²) in [5.41, 5.74) is 4.52. The van der Waals surface area contributed by atoms with Crippen LogP contribution >= 0.6 is 24.8 Å². The fraction of sp³-hybridized carbons (Fsp3) is 0.364. The second-order valence-corrected chi connectivity index (χ2v) is 7.35. The molecular weight excluding hydrogens is 407 g/mol. The van der Waals surface area contributed by atoms with Crippen molar-refractivity contribution in [3.8, 4) is 0 Å². The summed E-state index contributed by atoms with van der Waals surface area (Å²) in [5.74, 6) is 0.810. The molecule has 1 unspecified atom stereocenters. The van der Waals surface area contributed by atoms with Gasteiger partial charge in [-0.25, -0.2) is 4.98 Å². The van der Waals surface area contributed by atoms with Crippen LogP contribution in [-0.2, 0) is 17.9 Å². The lowest BCUT2D eigenvalue weighted by atomic mass is 10.0. The van der Waals surface area contributed by atoms with Crippen LogP contribution < -0.4 is 10.6 Å². The zero-order chi connectivity index (χ0) is 18.5. The Morgan fingerprint density at radius 1 is 1.10 bits per heavy atom. The van der Waals surface area contributed by atoms with Crippen LogP contribution in [0.5, 0.6) is 0 Å². The van der Waals surface area contributed by atoms with Gasteiger partial charge >= 0.3 is 0 Å². The molecule has 0 spiro atoms. The number of hydrogen-bond acceptors (Lipinski definition) is 3. The monoisotopic (exact) mass is 434 g/mol. The summed E-state index contributed by atoms with van der Waals surface area (Å²) in [6.45, 7) is 3.53. The number of para-hydroxylation sites is 2. The molecule has 2 N–H and O–H groups in total. The van der Waals surface area contributed by atoms with Crippen molar-refractivity contribution in [3.63, 3.8) is 0 Å². The van der Waals surface area contributed by atoms with Crippen molar-refractivity contribution in [1.82, 2.24) is 20.2 Å². The third-order valence-corrected chi connectivity index (χ3v) is 5.33. The summed E-state index contributed by atoms with van der Waals surface area (Å²) < 4.78 is 2.16. The predicted octanol–water partition coefficient (Wildman–Crippen LogP) is 3.93. The highest BCUT2D eigenvalue weighted by Gasteiger charge is 2.15. The number of benzene rings is 2. The zero-order valence-corrected chi connectivity index (χ0v) is 18.0. The van der Waals surface area contributed by atoms with Gasteiger partial charge in [-0.2, -0.15) is 0 Å². The lowest BCUT2D eigenvalue weighted by molar-refractivity contribution is -0.121. The molecule has 1 atom stereocenters. The number of aromatic nitrogens is 2. The van der Waals surface area contributed by atoms with Crippen LogP contribution in [0.3, 0.4) is 0 Å². The standard InChI is InChI=1S/C22H26N4O.2ClH/c27-22(10-9-18-11-12-23-13-18)24-14-17-5-7-19(8-6-17)15-26-16-25-20-3-1-2-4-21(20)26;;/h1-8,16,18,23H,9-15H2,(H,24,27);2*1H. The minimum Gasteiger partial charge on any atom is -0.352 e. The van der Waals surface area contributed by atoms with Crippen LogP contribution in [0.1, 0.15) is 30.4 Å². The van der Waals surface area contributed by atoms with Crippen molar-refractivity contribution in [2.45, 2.75) is 32.4 Å². The van der Waals surface area contributed by atoms with Crippen molar-refractivity contribution >= 4 is 41.8 Å². The van der Waals surface area contributed by atoms with Gasteiger partial charge in [-0.1, -0.05) is 36.4 Å². The van der Waals surface area contributed by atoms with Crippen molar-refractivity contribution in [1.29, 1.82) is 0 Å². The van der Waals surface area contributed by atoms with E-state index in [2.05, 4.69) is 50.5 Å². The van der Waals surface area contributed by atoms with Gasteiger partial charge in [-0.15, -0.1) is 24.8 Å². The molecule has 5 nitrogen and oxygen atoms in total. The van der Waals surface area contributed by atoms with Gasteiger partial charge in [0.2, 0.25) is 5.91 Å². The molecule has 2 heterocycles. The highest BCUT2D eigenvalue weighted by Crippen LogP contribution is 2.15. The predicted molar refractivity (Wildman–Crippen MR) is 122 cm³/mol. The SMILES string of the molecule is Cl.Cl.O=C(CCC1CCNC1)NCc1ccc(Cn2cnc3ccccc32)cc1. The molecule has 1 aliphatic heterocycles. The Labute approximate surface area is 184 Å². The number of nitrogens with one attached hydrogen (secondary N) is 2. The van der Waals surface area contributed by atoms with E-state index in [9.17, 15) is 4.79 Å². The van der Waals surface area contributed by atoms with E-state index in [1.165, 1.54) is 12.0 Å². The molecule has 156 valence electrons. The van der Waals surface area contributed by atoms with E-state index in [0.29, 0.717) is 18.9 Å². The number of nitrogens with zero attached hydrogens (tertiary/aromatic N) is 2. The highest BCUT2D eigenvalue weighted by atomic mass is 35.5. The van der Waals surface area contributed by atoms with E-state index < -0.39 is 0 Å². The Kier molecular flexibility index (Phi) is 8.96. The molecule has 29 heavy (non-hydrogen) atoms. The van der Waals surface area contributed by atoms with E-state index in [1.807, 2.05) is 24.5 Å². The van der Waals surface area contributed by atoms with Crippen molar-refractivity contribution in [2.75, 3.05) is 13.1 Å². The molecule has 0 saturated carbocycles. The van der Waals surface area contributed by atoms with E-state index in [0.717, 1.165) is 42.7 Å². The van der Waals surface area contributed by atoms with Gasteiger partial charge in [0.15, 0.2) is 0 Å². The number of amides is 1. The smallest absolute Gasteiger partial charge is 0.220 e. The van der Waals surface area contributed by atoms with E-state index in [4.69, 9.17) is 0 Å². The molecule has 1 amide bonds. The van der Waals surface area contributed by atoms with Crippen LogP contribution in [0.4, 0.5) is 0 Å². The van der Waals surface area contributed by atoms with Gasteiger partial charge in [0.05, 0.1) is 17.4 Å².